The summed E-state index contributed by atoms with van der Waals surface area (Å²) in [7, 11) is 1.35. The normalized spacial score (nSPS) is 13.0. The summed E-state index contributed by atoms with van der Waals surface area (Å²) in [5.74, 6) is 0.444. The molecule has 2 aromatic carbocycles. The van der Waals surface area contributed by atoms with Crippen LogP contribution in [0, 0.1) is 6.92 Å². The number of pyridine rings is 1. The Hall–Kier alpha value is -2.70. The molecule has 0 aliphatic carbocycles. The van der Waals surface area contributed by atoms with E-state index < -0.39 is 16.9 Å². The summed E-state index contributed by atoms with van der Waals surface area (Å²) >= 11 is 0. The number of aliphatic hydroxyl groups is 1. The fraction of sp³-hybridized carbons (Fsp3) is 0.190. The molecule has 27 heavy (non-hydrogen) atoms. The summed E-state index contributed by atoms with van der Waals surface area (Å²) < 4.78 is 24.0. The molecule has 6 heteroatoms. The van der Waals surface area contributed by atoms with E-state index in [1.807, 2.05) is 49.4 Å². The highest BCUT2D eigenvalue weighted by molar-refractivity contribution is 7.85. The van der Waals surface area contributed by atoms with Gasteiger partial charge in [0.1, 0.15) is 11.0 Å². The maximum Gasteiger partial charge on any atom is 0.233 e. The third kappa shape index (κ3) is 4.02. The molecule has 1 aromatic heterocycles. The maximum absolute atomic E-state index is 13.3. The minimum atomic E-state index is -1.59. The molecule has 1 N–H and O–H groups in total. The molecule has 0 bridgehead atoms. The Bertz CT molecular complexity index is 942. The van der Waals surface area contributed by atoms with Crippen LogP contribution in [0.1, 0.15) is 22.8 Å². The molecule has 3 aromatic rings. The average Bonchev–Trinajstić information content (AvgIpc) is 2.72. The first kappa shape index (κ1) is 19.1. The van der Waals surface area contributed by atoms with E-state index in [1.165, 1.54) is 14.2 Å². The molecule has 0 aliphatic heterocycles. The topological polar surface area (TPSA) is 68.7 Å². The van der Waals surface area contributed by atoms with Gasteiger partial charge in [-0.15, -0.1) is 0 Å². The lowest BCUT2D eigenvalue weighted by Crippen LogP contribution is -2.10. The summed E-state index contributed by atoms with van der Waals surface area (Å²) in [6.45, 7) is 1.97. The van der Waals surface area contributed by atoms with Gasteiger partial charge in [0.05, 0.1) is 25.0 Å². The van der Waals surface area contributed by atoms with Crippen molar-refractivity contribution in [2.24, 2.45) is 0 Å². The van der Waals surface area contributed by atoms with Crippen LogP contribution in [0.25, 0.3) is 0 Å². The predicted molar refractivity (Wildman–Crippen MR) is 104 cm³/mol. The van der Waals surface area contributed by atoms with Crippen molar-refractivity contribution in [1.82, 2.24) is 4.98 Å². The van der Waals surface area contributed by atoms with E-state index in [4.69, 9.17) is 9.47 Å². The van der Waals surface area contributed by atoms with Crippen molar-refractivity contribution in [3.63, 3.8) is 0 Å². The van der Waals surface area contributed by atoms with Crippen molar-refractivity contribution in [1.29, 1.82) is 0 Å². The first-order valence-corrected chi connectivity index (χ1v) is 9.54. The fourth-order valence-corrected chi connectivity index (χ4v) is 4.02. The molecule has 140 valence electrons. The van der Waals surface area contributed by atoms with Gasteiger partial charge in [0, 0.05) is 16.5 Å². The van der Waals surface area contributed by atoms with Crippen molar-refractivity contribution in [3.05, 3.63) is 77.4 Å². The number of hydrogen-bond acceptors (Lipinski definition) is 5. The number of nitrogens with zero attached hydrogens (tertiary/aromatic N) is 1. The number of aromatic nitrogens is 1. The molecule has 5 nitrogen and oxygen atoms in total. The molecular formula is C21H21NO4S. The van der Waals surface area contributed by atoms with Gasteiger partial charge in [-0.05, 0) is 24.6 Å². The smallest absolute Gasteiger partial charge is 0.233 e. The van der Waals surface area contributed by atoms with Crippen LogP contribution in [0.5, 0.6) is 11.8 Å². The van der Waals surface area contributed by atoms with E-state index >= 15 is 0 Å². The lowest BCUT2D eigenvalue weighted by Gasteiger charge is -2.19. The molecule has 0 aliphatic rings. The molecule has 0 radical (unpaired) electrons. The van der Waals surface area contributed by atoms with Crippen LogP contribution < -0.4 is 9.47 Å². The first-order chi connectivity index (χ1) is 13.0. The molecule has 3 rings (SSSR count). The van der Waals surface area contributed by atoms with Crippen LogP contribution in [-0.4, -0.2) is 28.5 Å². The highest BCUT2D eigenvalue weighted by Gasteiger charge is 2.26. The quantitative estimate of drug-likeness (QED) is 0.704. The molecular weight excluding hydrogens is 362 g/mol. The van der Waals surface area contributed by atoms with E-state index in [0.29, 0.717) is 20.9 Å². The highest BCUT2D eigenvalue weighted by atomic mass is 32.2. The summed E-state index contributed by atoms with van der Waals surface area (Å²) in [5, 5.41) is 11.0. The number of hydrogen-bond donors (Lipinski definition) is 1. The van der Waals surface area contributed by atoms with Gasteiger partial charge < -0.3 is 14.6 Å². The Morgan fingerprint density at radius 3 is 2.26 bits per heavy atom. The zero-order valence-corrected chi connectivity index (χ0v) is 16.2. The van der Waals surface area contributed by atoms with Gasteiger partial charge in [-0.1, -0.05) is 48.0 Å². The Morgan fingerprint density at radius 1 is 1.00 bits per heavy atom. The van der Waals surface area contributed by atoms with Gasteiger partial charge in [0.15, 0.2) is 0 Å². The number of ether oxygens (including phenoxy) is 2. The third-order valence-electron chi connectivity index (χ3n) is 4.18. The Balaban J connectivity index is 2.18. The van der Waals surface area contributed by atoms with Crippen LogP contribution in [0.4, 0.5) is 0 Å². The fourth-order valence-electron chi connectivity index (χ4n) is 2.73. The zero-order chi connectivity index (χ0) is 19.4. The van der Waals surface area contributed by atoms with E-state index in [1.54, 1.807) is 18.2 Å². The second-order valence-electron chi connectivity index (χ2n) is 5.99. The Kier molecular flexibility index (Phi) is 5.88. The lowest BCUT2D eigenvalue weighted by molar-refractivity contribution is 0.214. The molecule has 0 fully saturated rings. The number of benzene rings is 2. The maximum atomic E-state index is 13.3. The largest absolute Gasteiger partial charge is 0.481 e. The van der Waals surface area contributed by atoms with Crippen LogP contribution in [-0.2, 0) is 10.8 Å². The van der Waals surface area contributed by atoms with Crippen LogP contribution in [0.3, 0.4) is 0 Å². The van der Waals surface area contributed by atoms with E-state index in [0.717, 1.165) is 5.56 Å². The molecule has 2 atom stereocenters. The van der Waals surface area contributed by atoms with Crippen molar-refractivity contribution in [3.8, 4) is 11.8 Å². The number of rotatable bonds is 6. The Labute approximate surface area is 161 Å². The van der Waals surface area contributed by atoms with Crippen molar-refractivity contribution in [2.75, 3.05) is 14.2 Å². The van der Waals surface area contributed by atoms with Gasteiger partial charge in [-0.25, -0.2) is 4.21 Å². The summed E-state index contributed by atoms with van der Waals surface area (Å²) in [6, 6.07) is 18.1. The van der Waals surface area contributed by atoms with Crippen molar-refractivity contribution >= 4 is 10.8 Å². The van der Waals surface area contributed by atoms with Crippen LogP contribution in [0.2, 0.25) is 0 Å². The van der Waals surface area contributed by atoms with Gasteiger partial charge in [-0.2, -0.15) is 4.98 Å². The predicted octanol–water partition coefficient (Wildman–Crippen LogP) is 3.66. The summed E-state index contributed by atoms with van der Waals surface area (Å²) in [4.78, 5) is 5.20. The zero-order valence-electron chi connectivity index (χ0n) is 15.4. The standard InChI is InChI=1S/C21H21NO4S/c1-14-9-11-16(12-10-14)27(24)20-17(13-18(25-2)22-21(20)26-3)19(23)15-7-5-4-6-8-15/h4-13,19,23H,1-3H3/t19-,27+/m0/s1. The SMILES string of the molecule is COc1cc([C@@H](O)c2ccccc2)c([S@](=O)c2ccc(C)cc2)c(OC)n1. The molecule has 0 saturated heterocycles. The lowest BCUT2D eigenvalue weighted by atomic mass is 10.0. The van der Waals surface area contributed by atoms with Gasteiger partial charge in [0.2, 0.25) is 11.8 Å². The van der Waals surface area contributed by atoms with Crippen LogP contribution >= 0.6 is 0 Å². The number of aryl methyl sites for hydroxylation is 1. The molecule has 0 amide bonds. The van der Waals surface area contributed by atoms with Crippen LogP contribution in [0.15, 0.2) is 70.5 Å². The second-order valence-corrected chi connectivity index (χ2v) is 7.40. The third-order valence-corrected chi connectivity index (χ3v) is 5.66. The van der Waals surface area contributed by atoms with Crippen molar-refractivity contribution in [2.45, 2.75) is 22.8 Å². The summed E-state index contributed by atoms with van der Waals surface area (Å²) in [5.41, 5.74) is 2.18. The molecule has 0 spiro atoms. The second kappa shape index (κ2) is 8.33. The molecule has 0 saturated carbocycles. The van der Waals surface area contributed by atoms with E-state index in [-0.39, 0.29) is 11.8 Å². The monoisotopic (exact) mass is 383 g/mol. The minimum Gasteiger partial charge on any atom is -0.481 e. The Morgan fingerprint density at radius 2 is 1.67 bits per heavy atom. The number of methoxy groups -OCH3 is 2. The highest BCUT2D eigenvalue weighted by Crippen LogP contribution is 2.36. The minimum absolute atomic E-state index is 0.165. The van der Waals surface area contributed by atoms with E-state index in [9.17, 15) is 9.32 Å². The summed E-state index contributed by atoms with van der Waals surface area (Å²) in [6.07, 6.45) is -0.999. The number of aliphatic hydroxyl groups excluding tert-OH is 1. The van der Waals surface area contributed by atoms with Gasteiger partial charge in [-0.3, -0.25) is 0 Å². The van der Waals surface area contributed by atoms with Crippen molar-refractivity contribution < 1.29 is 18.8 Å². The molecule has 1 heterocycles. The first-order valence-electron chi connectivity index (χ1n) is 8.39. The van der Waals surface area contributed by atoms with E-state index in [2.05, 4.69) is 4.98 Å². The molecule has 0 unspecified atom stereocenters. The van der Waals surface area contributed by atoms with Gasteiger partial charge in [0.25, 0.3) is 0 Å². The average molecular weight is 383 g/mol. The van der Waals surface area contributed by atoms with Gasteiger partial charge >= 0.3 is 0 Å².